The van der Waals surface area contributed by atoms with Crippen LogP contribution in [0.3, 0.4) is 0 Å². The Morgan fingerprint density at radius 1 is 1.00 bits per heavy atom. The Kier molecular flexibility index (Phi) is 5.63. The number of fused-ring (bicyclic) bond motifs is 1. The third-order valence-corrected chi connectivity index (χ3v) is 4.24. The van der Waals surface area contributed by atoms with E-state index in [0.717, 1.165) is 12.1 Å². The molecule has 0 saturated carbocycles. The van der Waals surface area contributed by atoms with Crippen LogP contribution in [0.4, 0.5) is 17.6 Å². The summed E-state index contributed by atoms with van der Waals surface area (Å²) in [6.07, 6.45) is -5.46. The molecule has 0 bridgehead atoms. The molecule has 0 aliphatic heterocycles. The van der Waals surface area contributed by atoms with Crippen molar-refractivity contribution in [1.29, 1.82) is 0 Å². The van der Waals surface area contributed by atoms with Gasteiger partial charge in [-0.3, -0.25) is 0 Å². The number of hydrogen-bond acceptors (Lipinski definition) is 3. The molecule has 0 spiro atoms. The normalized spacial score (nSPS) is 12.6. The van der Waals surface area contributed by atoms with Gasteiger partial charge in [-0.1, -0.05) is 31.2 Å². The lowest BCUT2D eigenvalue weighted by atomic mass is 10.1. The summed E-state index contributed by atoms with van der Waals surface area (Å²) < 4.78 is 63.3. The fourth-order valence-electron chi connectivity index (χ4n) is 2.78. The lowest BCUT2D eigenvalue weighted by Crippen LogP contribution is -2.25. The molecule has 3 aromatic carbocycles. The van der Waals surface area contributed by atoms with Gasteiger partial charge in [-0.2, -0.15) is 13.2 Å². The Morgan fingerprint density at radius 3 is 2.17 bits per heavy atom. The van der Waals surface area contributed by atoms with Crippen LogP contribution in [0, 0.1) is 5.82 Å². The van der Waals surface area contributed by atoms with E-state index in [1.165, 1.54) is 6.07 Å². The molecule has 1 atom stereocenters. The molecule has 0 amide bonds. The molecule has 3 aromatic rings. The quantitative estimate of drug-likeness (QED) is 0.506. The van der Waals surface area contributed by atoms with Crippen molar-refractivity contribution in [2.75, 3.05) is 0 Å². The largest absolute Gasteiger partial charge is 0.479 e. The van der Waals surface area contributed by atoms with Crippen molar-refractivity contribution in [3.8, 4) is 17.2 Å². The summed E-state index contributed by atoms with van der Waals surface area (Å²) in [7, 11) is 0. The minimum Gasteiger partial charge on any atom is -0.479 e. The Bertz CT molecular complexity index is 1050. The van der Waals surface area contributed by atoms with E-state index in [1.54, 1.807) is 37.3 Å². The van der Waals surface area contributed by atoms with Gasteiger partial charge in [0.2, 0.25) is 0 Å². The molecule has 0 unspecified atom stereocenters. The van der Waals surface area contributed by atoms with Gasteiger partial charge < -0.3 is 14.6 Å². The van der Waals surface area contributed by atoms with E-state index >= 15 is 0 Å². The van der Waals surface area contributed by atoms with Crippen LogP contribution >= 0.6 is 0 Å². The molecule has 4 nitrogen and oxygen atoms in total. The SMILES string of the molecule is CC[C@H](Oc1cccc2c(Oc3ccc(C(F)(F)F)cc3F)cccc12)C(=O)O. The number of carboxylic acids is 1. The molecular formula is C21H16F4O4. The van der Waals surface area contributed by atoms with Crippen molar-refractivity contribution in [2.24, 2.45) is 0 Å². The number of carboxylic acid groups (broad SMARTS) is 1. The van der Waals surface area contributed by atoms with Gasteiger partial charge in [-0.25, -0.2) is 9.18 Å². The van der Waals surface area contributed by atoms with Gasteiger partial charge in [0.25, 0.3) is 0 Å². The monoisotopic (exact) mass is 408 g/mol. The summed E-state index contributed by atoms with van der Waals surface area (Å²) >= 11 is 0. The van der Waals surface area contributed by atoms with Crippen LogP contribution < -0.4 is 9.47 Å². The van der Waals surface area contributed by atoms with E-state index in [9.17, 15) is 27.5 Å². The number of rotatable bonds is 6. The Balaban J connectivity index is 1.97. The van der Waals surface area contributed by atoms with Crippen LogP contribution in [-0.2, 0) is 11.0 Å². The minimum atomic E-state index is -4.66. The molecule has 1 N–H and O–H groups in total. The van der Waals surface area contributed by atoms with Crippen LogP contribution in [0.25, 0.3) is 10.8 Å². The Labute approximate surface area is 163 Å². The van der Waals surface area contributed by atoms with Crippen LogP contribution in [-0.4, -0.2) is 17.2 Å². The first-order valence-electron chi connectivity index (χ1n) is 8.66. The minimum absolute atomic E-state index is 0.190. The van der Waals surface area contributed by atoms with Crippen LogP contribution in [0.1, 0.15) is 18.9 Å². The molecule has 0 saturated heterocycles. The maximum atomic E-state index is 14.1. The molecule has 0 aromatic heterocycles. The van der Waals surface area contributed by atoms with Gasteiger partial charge in [-0.05, 0) is 36.8 Å². The predicted molar refractivity (Wildman–Crippen MR) is 97.8 cm³/mol. The third kappa shape index (κ3) is 4.42. The highest BCUT2D eigenvalue weighted by Crippen LogP contribution is 2.37. The highest BCUT2D eigenvalue weighted by Gasteiger charge is 2.31. The third-order valence-electron chi connectivity index (χ3n) is 4.24. The number of carbonyl (C=O) groups is 1. The lowest BCUT2D eigenvalue weighted by molar-refractivity contribution is -0.145. The summed E-state index contributed by atoms with van der Waals surface area (Å²) in [6, 6.07) is 11.7. The second-order valence-corrected chi connectivity index (χ2v) is 6.21. The molecule has 3 rings (SSSR count). The number of ether oxygens (including phenoxy) is 2. The zero-order chi connectivity index (χ0) is 21.2. The number of alkyl halides is 3. The van der Waals surface area contributed by atoms with Crippen molar-refractivity contribution in [3.05, 3.63) is 66.0 Å². The first kappa shape index (κ1) is 20.4. The van der Waals surface area contributed by atoms with E-state index in [-0.39, 0.29) is 17.9 Å². The summed E-state index contributed by atoms with van der Waals surface area (Å²) in [5, 5.41) is 10.2. The smallest absolute Gasteiger partial charge is 0.416 e. The van der Waals surface area contributed by atoms with Crippen LogP contribution in [0.15, 0.2) is 54.6 Å². The van der Waals surface area contributed by atoms with Gasteiger partial charge in [-0.15, -0.1) is 0 Å². The van der Waals surface area contributed by atoms with Gasteiger partial charge in [0, 0.05) is 10.8 Å². The average Bonchev–Trinajstić information content (AvgIpc) is 2.67. The van der Waals surface area contributed by atoms with Crippen molar-refractivity contribution in [1.82, 2.24) is 0 Å². The van der Waals surface area contributed by atoms with Gasteiger partial charge >= 0.3 is 12.1 Å². The van der Waals surface area contributed by atoms with Crippen molar-refractivity contribution in [3.63, 3.8) is 0 Å². The number of halogens is 4. The first-order chi connectivity index (χ1) is 13.7. The van der Waals surface area contributed by atoms with Crippen molar-refractivity contribution >= 4 is 16.7 Å². The molecule has 29 heavy (non-hydrogen) atoms. The van der Waals surface area contributed by atoms with E-state index in [1.807, 2.05) is 0 Å². The molecule has 0 aliphatic carbocycles. The molecular weight excluding hydrogens is 392 g/mol. The predicted octanol–water partition coefficient (Wildman–Crippen LogP) is 6.03. The maximum absolute atomic E-state index is 14.1. The lowest BCUT2D eigenvalue weighted by Gasteiger charge is -2.16. The summed E-state index contributed by atoms with van der Waals surface area (Å²) in [6.45, 7) is 1.67. The highest BCUT2D eigenvalue weighted by atomic mass is 19.4. The summed E-state index contributed by atoms with van der Waals surface area (Å²) in [4.78, 5) is 11.2. The molecule has 0 radical (unpaired) electrons. The molecule has 152 valence electrons. The van der Waals surface area contributed by atoms with Gasteiger partial charge in [0.1, 0.15) is 11.5 Å². The van der Waals surface area contributed by atoms with E-state index < -0.39 is 29.6 Å². The maximum Gasteiger partial charge on any atom is 0.416 e. The Hall–Kier alpha value is -3.29. The standard InChI is InChI=1S/C21H16F4O4/c1-2-16(20(26)27)28-17-7-3-6-14-13(17)5-4-8-18(14)29-19-10-9-12(11-15(19)22)21(23,24)25/h3-11,16H,2H2,1H3,(H,26,27)/t16-/m0/s1. The highest BCUT2D eigenvalue weighted by molar-refractivity contribution is 5.93. The molecule has 0 fully saturated rings. The fourth-order valence-corrected chi connectivity index (χ4v) is 2.78. The van der Waals surface area contributed by atoms with Crippen molar-refractivity contribution < 1.29 is 36.9 Å². The first-order valence-corrected chi connectivity index (χ1v) is 8.66. The topological polar surface area (TPSA) is 55.8 Å². The van der Waals surface area contributed by atoms with Gasteiger partial charge in [0.15, 0.2) is 17.7 Å². The van der Waals surface area contributed by atoms with Gasteiger partial charge in [0.05, 0.1) is 5.56 Å². The van der Waals surface area contributed by atoms with E-state index in [2.05, 4.69) is 0 Å². The zero-order valence-electron chi connectivity index (χ0n) is 15.2. The zero-order valence-corrected chi connectivity index (χ0v) is 15.2. The number of hydrogen-bond donors (Lipinski definition) is 1. The second-order valence-electron chi connectivity index (χ2n) is 6.21. The molecule has 8 heteroatoms. The Morgan fingerprint density at radius 2 is 1.62 bits per heavy atom. The fraction of sp³-hybridized carbons (Fsp3) is 0.190. The van der Waals surface area contributed by atoms with E-state index in [0.29, 0.717) is 22.6 Å². The van der Waals surface area contributed by atoms with Crippen LogP contribution in [0.2, 0.25) is 0 Å². The van der Waals surface area contributed by atoms with Crippen LogP contribution in [0.5, 0.6) is 17.2 Å². The molecule has 0 heterocycles. The average molecular weight is 408 g/mol. The summed E-state index contributed by atoms with van der Waals surface area (Å²) in [5.74, 6) is -2.14. The van der Waals surface area contributed by atoms with Crippen molar-refractivity contribution in [2.45, 2.75) is 25.6 Å². The van der Waals surface area contributed by atoms with E-state index in [4.69, 9.17) is 9.47 Å². The number of benzene rings is 3. The summed E-state index contributed by atoms with van der Waals surface area (Å²) in [5.41, 5.74) is -1.12. The second kappa shape index (κ2) is 7.98. The number of aliphatic carboxylic acids is 1. The molecule has 0 aliphatic rings.